The SMILES string of the molecule is Cc1cc(C)c(CNC(=O)CCC2Cc3ccccc3NC2=O)c(=O)[nH]1. The number of hydrogen-bond donors (Lipinski definition) is 3. The summed E-state index contributed by atoms with van der Waals surface area (Å²) in [5.74, 6) is -0.404. The third kappa shape index (κ3) is 4.02. The second-order valence-electron chi connectivity index (χ2n) is 6.81. The number of benzene rings is 1. The number of para-hydroxylation sites is 1. The number of hydrogen-bond acceptors (Lipinski definition) is 3. The van der Waals surface area contributed by atoms with Gasteiger partial charge in [0.2, 0.25) is 11.8 Å². The van der Waals surface area contributed by atoms with Gasteiger partial charge < -0.3 is 15.6 Å². The van der Waals surface area contributed by atoms with E-state index in [-0.39, 0.29) is 36.3 Å². The van der Waals surface area contributed by atoms with Crippen molar-refractivity contribution < 1.29 is 9.59 Å². The van der Waals surface area contributed by atoms with Crippen molar-refractivity contribution in [3.05, 3.63) is 63.1 Å². The van der Waals surface area contributed by atoms with Crippen molar-refractivity contribution in [2.24, 2.45) is 5.92 Å². The zero-order valence-corrected chi connectivity index (χ0v) is 15.0. The average molecular weight is 353 g/mol. The lowest BCUT2D eigenvalue weighted by molar-refractivity contribution is -0.122. The Hall–Kier alpha value is -2.89. The van der Waals surface area contributed by atoms with Crippen molar-refractivity contribution in [3.63, 3.8) is 0 Å². The molecule has 1 aliphatic heterocycles. The molecule has 1 aromatic heterocycles. The molecule has 26 heavy (non-hydrogen) atoms. The summed E-state index contributed by atoms with van der Waals surface area (Å²) < 4.78 is 0. The van der Waals surface area contributed by atoms with Crippen molar-refractivity contribution in [2.75, 3.05) is 5.32 Å². The molecule has 1 aliphatic rings. The second kappa shape index (κ2) is 7.56. The summed E-state index contributed by atoms with van der Waals surface area (Å²) in [7, 11) is 0. The molecule has 6 heteroatoms. The molecule has 0 aliphatic carbocycles. The summed E-state index contributed by atoms with van der Waals surface area (Å²) in [6.45, 7) is 3.87. The van der Waals surface area contributed by atoms with Gasteiger partial charge >= 0.3 is 0 Å². The Kier molecular flexibility index (Phi) is 5.21. The number of carbonyl (C=O) groups excluding carboxylic acids is 2. The molecule has 1 unspecified atom stereocenters. The highest BCUT2D eigenvalue weighted by Gasteiger charge is 2.26. The van der Waals surface area contributed by atoms with Crippen LogP contribution in [0.5, 0.6) is 0 Å². The molecule has 0 saturated heterocycles. The van der Waals surface area contributed by atoms with Gasteiger partial charge in [0.15, 0.2) is 0 Å². The van der Waals surface area contributed by atoms with Crippen LogP contribution in [-0.2, 0) is 22.6 Å². The molecule has 136 valence electrons. The van der Waals surface area contributed by atoms with Crippen LogP contribution in [0.15, 0.2) is 35.1 Å². The summed E-state index contributed by atoms with van der Waals surface area (Å²) in [4.78, 5) is 39.0. The van der Waals surface area contributed by atoms with E-state index in [4.69, 9.17) is 0 Å². The number of amides is 2. The van der Waals surface area contributed by atoms with Gasteiger partial charge in [-0.05, 0) is 49.9 Å². The van der Waals surface area contributed by atoms with Gasteiger partial charge in [-0.15, -0.1) is 0 Å². The Morgan fingerprint density at radius 3 is 2.77 bits per heavy atom. The van der Waals surface area contributed by atoms with Crippen molar-refractivity contribution >= 4 is 17.5 Å². The highest BCUT2D eigenvalue weighted by atomic mass is 16.2. The lowest BCUT2D eigenvalue weighted by Crippen LogP contribution is -2.32. The molecule has 0 radical (unpaired) electrons. The minimum Gasteiger partial charge on any atom is -0.352 e. The van der Waals surface area contributed by atoms with E-state index in [2.05, 4.69) is 15.6 Å². The summed E-state index contributed by atoms with van der Waals surface area (Å²) in [6, 6.07) is 9.60. The van der Waals surface area contributed by atoms with E-state index in [9.17, 15) is 14.4 Å². The molecule has 2 heterocycles. The summed E-state index contributed by atoms with van der Waals surface area (Å²) in [6.07, 6.45) is 1.38. The quantitative estimate of drug-likeness (QED) is 0.769. The number of pyridine rings is 1. The predicted molar refractivity (Wildman–Crippen MR) is 99.9 cm³/mol. The Morgan fingerprint density at radius 2 is 2.00 bits per heavy atom. The molecule has 3 N–H and O–H groups in total. The Morgan fingerprint density at radius 1 is 1.23 bits per heavy atom. The molecule has 3 rings (SSSR count). The maximum Gasteiger partial charge on any atom is 0.253 e. The Balaban J connectivity index is 1.54. The van der Waals surface area contributed by atoms with Crippen molar-refractivity contribution in [1.82, 2.24) is 10.3 Å². The van der Waals surface area contributed by atoms with Gasteiger partial charge in [0.1, 0.15) is 0 Å². The molecule has 1 aromatic carbocycles. The fourth-order valence-corrected chi connectivity index (χ4v) is 3.33. The number of aryl methyl sites for hydroxylation is 2. The van der Waals surface area contributed by atoms with Crippen molar-refractivity contribution in [1.29, 1.82) is 0 Å². The maximum absolute atomic E-state index is 12.2. The largest absolute Gasteiger partial charge is 0.352 e. The average Bonchev–Trinajstić information content (AvgIpc) is 2.59. The van der Waals surface area contributed by atoms with Gasteiger partial charge in [0.25, 0.3) is 5.56 Å². The molecular formula is C20H23N3O3. The molecule has 2 amide bonds. The predicted octanol–water partition coefficient (Wildman–Crippen LogP) is 2.20. The Bertz CT molecular complexity index is 901. The van der Waals surface area contributed by atoms with Crippen LogP contribution in [0.4, 0.5) is 5.69 Å². The Labute approximate surface area is 152 Å². The smallest absolute Gasteiger partial charge is 0.253 e. The van der Waals surface area contributed by atoms with Gasteiger partial charge in [-0.25, -0.2) is 0 Å². The molecule has 6 nitrogen and oxygen atoms in total. The highest BCUT2D eigenvalue weighted by Crippen LogP contribution is 2.27. The topological polar surface area (TPSA) is 91.1 Å². The van der Waals surface area contributed by atoms with Crippen molar-refractivity contribution in [2.45, 2.75) is 39.7 Å². The minimum absolute atomic E-state index is 0.0395. The van der Waals surface area contributed by atoms with Gasteiger partial charge in [0, 0.05) is 35.8 Å². The minimum atomic E-state index is -0.208. The number of anilines is 1. The third-order valence-corrected chi connectivity index (χ3v) is 4.79. The third-order valence-electron chi connectivity index (χ3n) is 4.79. The summed E-state index contributed by atoms with van der Waals surface area (Å²) >= 11 is 0. The van der Waals surface area contributed by atoms with Gasteiger partial charge in [0.05, 0.1) is 0 Å². The van der Waals surface area contributed by atoms with E-state index in [0.717, 1.165) is 22.5 Å². The van der Waals surface area contributed by atoms with Crippen LogP contribution in [0.3, 0.4) is 0 Å². The van der Waals surface area contributed by atoms with Crippen LogP contribution in [0.2, 0.25) is 0 Å². The van der Waals surface area contributed by atoms with E-state index >= 15 is 0 Å². The monoisotopic (exact) mass is 353 g/mol. The zero-order chi connectivity index (χ0) is 18.7. The normalized spacial score (nSPS) is 15.9. The number of H-pyrrole nitrogens is 1. The van der Waals surface area contributed by atoms with E-state index < -0.39 is 0 Å². The number of carbonyl (C=O) groups is 2. The first-order valence-corrected chi connectivity index (χ1v) is 8.79. The maximum atomic E-state index is 12.2. The molecule has 0 bridgehead atoms. The van der Waals surface area contributed by atoms with Crippen LogP contribution >= 0.6 is 0 Å². The van der Waals surface area contributed by atoms with Gasteiger partial charge in [-0.3, -0.25) is 14.4 Å². The first-order valence-electron chi connectivity index (χ1n) is 8.79. The zero-order valence-electron chi connectivity index (χ0n) is 15.0. The van der Waals surface area contributed by atoms with Crippen LogP contribution in [0, 0.1) is 19.8 Å². The summed E-state index contributed by atoms with van der Waals surface area (Å²) in [5, 5.41) is 5.68. The lowest BCUT2D eigenvalue weighted by atomic mass is 9.89. The number of aromatic nitrogens is 1. The molecule has 2 aromatic rings. The van der Waals surface area contributed by atoms with Gasteiger partial charge in [-0.2, -0.15) is 0 Å². The molecular weight excluding hydrogens is 330 g/mol. The fourth-order valence-electron chi connectivity index (χ4n) is 3.33. The highest BCUT2D eigenvalue weighted by molar-refractivity contribution is 5.96. The van der Waals surface area contributed by atoms with E-state index in [1.54, 1.807) is 0 Å². The molecule has 1 atom stereocenters. The van der Waals surface area contributed by atoms with E-state index in [1.807, 2.05) is 44.2 Å². The van der Waals surface area contributed by atoms with E-state index in [1.165, 1.54) is 0 Å². The standard InChI is InChI=1S/C20H23N3O3/c1-12-9-13(2)22-20(26)16(12)11-21-18(24)8-7-15-10-14-5-3-4-6-17(14)23-19(15)25/h3-6,9,15H,7-8,10-11H2,1-2H3,(H,21,24)(H,22,26)(H,23,25). The van der Waals surface area contributed by atoms with Crippen LogP contribution in [0.25, 0.3) is 0 Å². The number of fused-ring (bicyclic) bond motifs is 1. The first-order chi connectivity index (χ1) is 12.4. The van der Waals surface area contributed by atoms with Crippen molar-refractivity contribution in [3.8, 4) is 0 Å². The first kappa shape index (κ1) is 17.9. The number of nitrogens with one attached hydrogen (secondary N) is 3. The number of aromatic amines is 1. The van der Waals surface area contributed by atoms with Crippen LogP contribution in [-0.4, -0.2) is 16.8 Å². The molecule has 0 saturated carbocycles. The van der Waals surface area contributed by atoms with Crippen LogP contribution in [0.1, 0.15) is 35.2 Å². The lowest BCUT2D eigenvalue weighted by Gasteiger charge is -2.24. The van der Waals surface area contributed by atoms with E-state index in [0.29, 0.717) is 18.4 Å². The second-order valence-corrected chi connectivity index (χ2v) is 6.81. The molecule has 0 fully saturated rings. The van der Waals surface area contributed by atoms with Gasteiger partial charge in [-0.1, -0.05) is 18.2 Å². The van der Waals surface area contributed by atoms with Crippen LogP contribution < -0.4 is 16.2 Å². The fraction of sp³-hybridized carbons (Fsp3) is 0.350. The number of rotatable bonds is 5. The molecule has 0 spiro atoms. The summed E-state index contributed by atoms with van der Waals surface area (Å²) in [5.41, 5.74) is 3.99.